The minimum absolute atomic E-state index is 0.177. The van der Waals surface area contributed by atoms with Crippen LogP contribution in [0.3, 0.4) is 0 Å². The molecule has 1 aromatic rings. The number of nitro groups is 1. The van der Waals surface area contributed by atoms with Crippen LogP contribution in [0.2, 0.25) is 0 Å². The molecule has 1 aliphatic carbocycles. The van der Waals surface area contributed by atoms with E-state index < -0.39 is 0 Å². The molecule has 0 spiro atoms. The molecular weight excluding hydrogens is 274 g/mol. The molecule has 0 saturated heterocycles. The van der Waals surface area contributed by atoms with Crippen molar-refractivity contribution in [3.8, 4) is 0 Å². The Morgan fingerprint density at radius 3 is 2.70 bits per heavy atom. The number of aryl methyl sites for hydroxylation is 1. The molecule has 108 valence electrons. The van der Waals surface area contributed by atoms with Crippen LogP contribution in [0.25, 0.3) is 6.08 Å². The van der Waals surface area contributed by atoms with Gasteiger partial charge in [0.05, 0.1) is 4.92 Å². The Morgan fingerprint density at radius 2 is 2.10 bits per heavy atom. The summed E-state index contributed by atoms with van der Waals surface area (Å²) in [6.45, 7) is 1.76. The van der Waals surface area contributed by atoms with Crippen LogP contribution in [0.5, 0.6) is 0 Å². The number of benzene rings is 1. The van der Waals surface area contributed by atoms with E-state index in [1.807, 2.05) is 12.1 Å². The van der Waals surface area contributed by atoms with E-state index in [2.05, 4.69) is 0 Å². The van der Waals surface area contributed by atoms with Gasteiger partial charge in [-0.25, -0.2) is 0 Å². The Morgan fingerprint density at radius 1 is 1.40 bits per heavy atom. The minimum Gasteiger partial charge on any atom is -0.258 e. The molecule has 0 unspecified atom stereocenters. The molecule has 1 fully saturated rings. The van der Waals surface area contributed by atoms with Crippen molar-refractivity contribution in [2.24, 2.45) is 5.92 Å². The van der Waals surface area contributed by atoms with Crippen LogP contribution in [0.1, 0.15) is 43.2 Å². The van der Waals surface area contributed by atoms with E-state index in [1.165, 1.54) is 37.7 Å². The second-order valence-corrected chi connectivity index (χ2v) is 5.76. The van der Waals surface area contributed by atoms with Gasteiger partial charge < -0.3 is 0 Å². The van der Waals surface area contributed by atoms with Gasteiger partial charge in [0, 0.05) is 17.5 Å². The average molecular weight is 294 g/mol. The smallest absolute Gasteiger partial charge is 0.258 e. The van der Waals surface area contributed by atoms with E-state index in [0.29, 0.717) is 17.4 Å². The minimum atomic E-state index is -0.326. The molecule has 2 rings (SSSR count). The van der Waals surface area contributed by atoms with Crippen molar-refractivity contribution in [2.75, 3.05) is 5.88 Å². The zero-order chi connectivity index (χ0) is 14.5. The van der Waals surface area contributed by atoms with E-state index >= 15 is 0 Å². The maximum absolute atomic E-state index is 11.0. The number of allylic oxidation sites excluding steroid dienone is 1. The Kier molecular flexibility index (Phi) is 5.18. The van der Waals surface area contributed by atoms with E-state index in [4.69, 9.17) is 11.6 Å². The van der Waals surface area contributed by atoms with Gasteiger partial charge in [0.25, 0.3) is 5.69 Å². The number of hydrogen-bond donors (Lipinski definition) is 0. The van der Waals surface area contributed by atoms with Gasteiger partial charge >= 0.3 is 0 Å². The van der Waals surface area contributed by atoms with Crippen molar-refractivity contribution in [3.05, 3.63) is 45.0 Å². The molecule has 0 amide bonds. The summed E-state index contributed by atoms with van der Waals surface area (Å²) in [5.41, 5.74) is 2.96. The highest BCUT2D eigenvalue weighted by molar-refractivity contribution is 6.19. The first kappa shape index (κ1) is 15.0. The normalized spacial score (nSPS) is 17.2. The fourth-order valence-electron chi connectivity index (χ4n) is 2.87. The number of hydrogen-bond acceptors (Lipinski definition) is 2. The predicted octanol–water partition coefficient (Wildman–Crippen LogP) is 5.11. The van der Waals surface area contributed by atoms with Crippen molar-refractivity contribution in [1.82, 2.24) is 0 Å². The second kappa shape index (κ2) is 6.89. The van der Waals surface area contributed by atoms with E-state index in [1.54, 1.807) is 19.1 Å². The molecule has 0 N–H and O–H groups in total. The zero-order valence-corrected chi connectivity index (χ0v) is 12.5. The molecule has 1 aliphatic rings. The van der Waals surface area contributed by atoms with E-state index in [-0.39, 0.29) is 10.6 Å². The van der Waals surface area contributed by atoms with Crippen molar-refractivity contribution in [3.63, 3.8) is 0 Å². The first-order valence-corrected chi connectivity index (χ1v) is 7.66. The van der Waals surface area contributed by atoms with Gasteiger partial charge in [0.1, 0.15) is 0 Å². The molecule has 20 heavy (non-hydrogen) atoms. The maximum atomic E-state index is 11.0. The summed E-state index contributed by atoms with van der Waals surface area (Å²) in [4.78, 5) is 10.7. The van der Waals surface area contributed by atoms with Crippen molar-refractivity contribution in [2.45, 2.75) is 39.0 Å². The standard InChI is InChI=1S/C16H20ClNO2/c1-12-7-8-13(10-16(12)18(19)20)9-15(11-17)14-5-3-2-4-6-14/h7-10,14H,2-6,11H2,1H3/b15-9-. The van der Waals surface area contributed by atoms with Crippen LogP contribution in [0, 0.1) is 23.0 Å². The largest absolute Gasteiger partial charge is 0.272 e. The third kappa shape index (κ3) is 3.60. The molecule has 3 nitrogen and oxygen atoms in total. The van der Waals surface area contributed by atoms with Gasteiger partial charge in [-0.1, -0.05) is 43.0 Å². The molecule has 0 aliphatic heterocycles. The Labute approximate surface area is 124 Å². The Hall–Kier alpha value is -1.35. The maximum Gasteiger partial charge on any atom is 0.272 e. The zero-order valence-electron chi connectivity index (χ0n) is 11.8. The lowest BCUT2D eigenvalue weighted by atomic mass is 9.83. The highest BCUT2D eigenvalue weighted by Crippen LogP contribution is 2.32. The van der Waals surface area contributed by atoms with Crippen LogP contribution in [0.15, 0.2) is 23.8 Å². The molecule has 0 bridgehead atoms. The topological polar surface area (TPSA) is 43.1 Å². The fourth-order valence-corrected chi connectivity index (χ4v) is 3.16. The SMILES string of the molecule is Cc1ccc(/C=C(/CCl)C2CCCCC2)cc1[N+](=O)[O-]. The monoisotopic (exact) mass is 293 g/mol. The molecule has 0 heterocycles. The van der Waals surface area contributed by atoms with Crippen LogP contribution in [-0.2, 0) is 0 Å². The Balaban J connectivity index is 2.27. The molecular formula is C16H20ClNO2. The lowest BCUT2D eigenvalue weighted by molar-refractivity contribution is -0.385. The highest BCUT2D eigenvalue weighted by Gasteiger charge is 2.18. The number of alkyl halides is 1. The van der Waals surface area contributed by atoms with E-state index in [9.17, 15) is 10.1 Å². The fraction of sp³-hybridized carbons (Fsp3) is 0.500. The van der Waals surface area contributed by atoms with Gasteiger partial charge in [-0.05, 0) is 31.2 Å². The van der Waals surface area contributed by atoms with E-state index in [0.717, 1.165) is 5.56 Å². The Bertz CT molecular complexity index is 519. The van der Waals surface area contributed by atoms with Crippen LogP contribution in [0.4, 0.5) is 5.69 Å². The quantitative estimate of drug-likeness (QED) is 0.440. The predicted molar refractivity (Wildman–Crippen MR) is 83.1 cm³/mol. The number of nitrogens with zero attached hydrogens (tertiary/aromatic N) is 1. The van der Waals surface area contributed by atoms with Crippen LogP contribution < -0.4 is 0 Å². The first-order valence-electron chi connectivity index (χ1n) is 7.13. The summed E-state index contributed by atoms with van der Waals surface area (Å²) in [6, 6.07) is 5.37. The molecule has 0 radical (unpaired) electrons. The molecule has 1 saturated carbocycles. The molecule has 4 heteroatoms. The third-order valence-electron chi connectivity index (χ3n) is 4.07. The lowest BCUT2D eigenvalue weighted by Crippen LogP contribution is -2.10. The van der Waals surface area contributed by atoms with Gasteiger partial charge in [-0.15, -0.1) is 11.6 Å². The summed E-state index contributed by atoms with van der Waals surface area (Å²) in [5, 5.41) is 11.0. The van der Waals surface area contributed by atoms with Gasteiger partial charge in [-0.3, -0.25) is 10.1 Å². The summed E-state index contributed by atoms with van der Waals surface area (Å²) in [6.07, 6.45) is 8.23. The molecule has 1 aromatic carbocycles. The third-order valence-corrected chi connectivity index (χ3v) is 4.37. The number of halogens is 1. The summed E-state index contributed by atoms with van der Waals surface area (Å²) >= 11 is 6.08. The number of nitro benzene ring substituents is 1. The molecule has 0 aromatic heterocycles. The van der Waals surface area contributed by atoms with Gasteiger partial charge in [0.2, 0.25) is 0 Å². The first-order chi connectivity index (χ1) is 9.61. The average Bonchev–Trinajstić information content (AvgIpc) is 2.47. The molecule has 0 atom stereocenters. The summed E-state index contributed by atoms with van der Waals surface area (Å²) < 4.78 is 0. The van der Waals surface area contributed by atoms with Crippen LogP contribution in [-0.4, -0.2) is 10.8 Å². The van der Waals surface area contributed by atoms with Crippen molar-refractivity contribution < 1.29 is 4.92 Å². The van der Waals surface area contributed by atoms with Gasteiger partial charge in [-0.2, -0.15) is 0 Å². The lowest BCUT2D eigenvalue weighted by Gasteiger charge is -2.23. The van der Waals surface area contributed by atoms with Crippen molar-refractivity contribution >= 4 is 23.4 Å². The second-order valence-electron chi connectivity index (χ2n) is 5.49. The van der Waals surface area contributed by atoms with Crippen LogP contribution >= 0.6 is 11.6 Å². The summed E-state index contributed by atoms with van der Waals surface area (Å²) in [7, 11) is 0. The number of rotatable bonds is 4. The van der Waals surface area contributed by atoms with Crippen molar-refractivity contribution in [1.29, 1.82) is 0 Å². The highest BCUT2D eigenvalue weighted by atomic mass is 35.5. The summed E-state index contributed by atoms with van der Waals surface area (Å²) in [5.74, 6) is 1.05. The van der Waals surface area contributed by atoms with Gasteiger partial charge in [0.15, 0.2) is 0 Å².